The summed E-state index contributed by atoms with van der Waals surface area (Å²) in [6.45, 7) is 9.57. The number of nitrogens with one attached hydrogen (secondary N) is 2. The van der Waals surface area contributed by atoms with E-state index in [9.17, 15) is 0 Å². The Hall–Kier alpha value is -0.860. The van der Waals surface area contributed by atoms with Crippen molar-refractivity contribution in [2.45, 2.75) is 45.2 Å². The predicted molar refractivity (Wildman–Crippen MR) is 116 cm³/mol. The van der Waals surface area contributed by atoms with Gasteiger partial charge in [0, 0.05) is 31.3 Å². The van der Waals surface area contributed by atoms with Crippen molar-refractivity contribution in [2.75, 3.05) is 26.3 Å². The number of ether oxygens (including phenoxy) is 1. The number of aliphatic imine (C=N–C) groups is 1. The molecule has 0 bridgehead atoms. The third-order valence-corrected chi connectivity index (χ3v) is 4.52. The largest absolute Gasteiger partial charge is 0.381 e. The maximum Gasteiger partial charge on any atom is 0.188 e. The van der Waals surface area contributed by atoms with Gasteiger partial charge in [0.05, 0.1) is 6.54 Å². The number of halogens is 1. The first-order chi connectivity index (χ1) is 11.5. The number of hydrogen-bond donors (Lipinski definition) is 3. The minimum absolute atomic E-state index is 0. The summed E-state index contributed by atoms with van der Waals surface area (Å²) in [7, 11) is 0. The van der Waals surface area contributed by atoms with E-state index in [2.05, 4.69) is 60.7 Å². The van der Waals surface area contributed by atoms with Crippen molar-refractivity contribution in [1.29, 1.82) is 0 Å². The summed E-state index contributed by atoms with van der Waals surface area (Å²) in [6, 6.07) is 10.8. The number of nitrogens with zero attached hydrogens (tertiary/aromatic N) is 1. The minimum Gasteiger partial charge on any atom is -0.381 e. The molecule has 1 atom stereocenters. The zero-order valence-electron chi connectivity index (χ0n) is 15.6. The quantitative estimate of drug-likeness (QED) is 0.332. The molecule has 142 valence electrons. The average molecular weight is 460 g/mol. The summed E-state index contributed by atoms with van der Waals surface area (Å²) in [6.07, 6.45) is 1.90. The van der Waals surface area contributed by atoms with E-state index < -0.39 is 0 Å². The number of guanidine groups is 1. The van der Waals surface area contributed by atoms with Crippen LogP contribution >= 0.6 is 24.0 Å². The van der Waals surface area contributed by atoms with E-state index in [-0.39, 0.29) is 35.6 Å². The zero-order valence-corrected chi connectivity index (χ0v) is 18.0. The van der Waals surface area contributed by atoms with Gasteiger partial charge in [-0.3, -0.25) is 4.99 Å². The van der Waals surface area contributed by atoms with E-state index in [1.54, 1.807) is 0 Å². The van der Waals surface area contributed by atoms with Crippen LogP contribution in [0.4, 0.5) is 0 Å². The molecular formula is C19H33IN4O. The van der Waals surface area contributed by atoms with Crippen LogP contribution in [0.5, 0.6) is 0 Å². The maximum absolute atomic E-state index is 6.02. The standard InChI is InChI=1S/C19H32N4O.HI/c1-15(2)13-21-18(20)22-14-19(9-11-24-12-10-19)23-16(3)17-7-5-4-6-8-17;/h4-8,15-16,23H,9-14H2,1-3H3,(H3,20,21,22);1H. The van der Waals surface area contributed by atoms with Crippen molar-refractivity contribution < 1.29 is 4.74 Å². The van der Waals surface area contributed by atoms with Crippen LogP contribution in [0, 0.1) is 5.92 Å². The molecule has 1 saturated heterocycles. The molecule has 2 rings (SSSR count). The Morgan fingerprint density at radius 2 is 1.84 bits per heavy atom. The minimum atomic E-state index is -0.0579. The lowest BCUT2D eigenvalue weighted by atomic mass is 9.88. The van der Waals surface area contributed by atoms with Crippen LogP contribution in [0.1, 0.15) is 45.2 Å². The average Bonchev–Trinajstić information content (AvgIpc) is 2.60. The Balaban J connectivity index is 0.00000312. The van der Waals surface area contributed by atoms with Gasteiger partial charge in [0.15, 0.2) is 5.96 Å². The van der Waals surface area contributed by atoms with Crippen molar-refractivity contribution in [1.82, 2.24) is 10.6 Å². The van der Waals surface area contributed by atoms with Gasteiger partial charge >= 0.3 is 0 Å². The summed E-state index contributed by atoms with van der Waals surface area (Å²) in [4.78, 5) is 4.60. The summed E-state index contributed by atoms with van der Waals surface area (Å²) in [5.74, 6) is 1.08. The van der Waals surface area contributed by atoms with Crippen molar-refractivity contribution in [2.24, 2.45) is 16.6 Å². The molecule has 25 heavy (non-hydrogen) atoms. The molecular weight excluding hydrogens is 427 g/mol. The first-order valence-corrected chi connectivity index (χ1v) is 8.95. The Bertz CT molecular complexity index is 515. The van der Waals surface area contributed by atoms with Crippen molar-refractivity contribution in [3.8, 4) is 0 Å². The Labute approximate surface area is 169 Å². The highest BCUT2D eigenvalue weighted by molar-refractivity contribution is 14.0. The van der Waals surface area contributed by atoms with E-state index in [0.717, 1.165) is 32.6 Å². The highest BCUT2D eigenvalue weighted by atomic mass is 127. The van der Waals surface area contributed by atoms with Gasteiger partial charge in [-0.1, -0.05) is 44.2 Å². The summed E-state index contributed by atoms with van der Waals surface area (Å²) < 4.78 is 5.56. The van der Waals surface area contributed by atoms with E-state index in [0.29, 0.717) is 18.4 Å². The van der Waals surface area contributed by atoms with E-state index in [1.165, 1.54) is 5.56 Å². The SMILES string of the molecule is CC(C)CNC(N)=NCC1(NC(C)c2ccccc2)CCOCC1.I. The van der Waals surface area contributed by atoms with E-state index in [4.69, 9.17) is 10.5 Å². The van der Waals surface area contributed by atoms with Gasteiger partial charge in [0.25, 0.3) is 0 Å². The molecule has 0 aliphatic carbocycles. The van der Waals surface area contributed by atoms with Gasteiger partial charge < -0.3 is 21.1 Å². The molecule has 0 saturated carbocycles. The molecule has 1 unspecified atom stereocenters. The Kier molecular flexibility index (Phi) is 9.74. The third-order valence-electron chi connectivity index (χ3n) is 4.52. The van der Waals surface area contributed by atoms with Crippen LogP contribution < -0.4 is 16.4 Å². The second-order valence-corrected chi connectivity index (χ2v) is 7.15. The van der Waals surface area contributed by atoms with Gasteiger partial charge in [-0.2, -0.15) is 0 Å². The van der Waals surface area contributed by atoms with Gasteiger partial charge in [-0.05, 0) is 31.2 Å². The lowest BCUT2D eigenvalue weighted by Gasteiger charge is -2.39. The predicted octanol–water partition coefficient (Wildman–Crippen LogP) is 3.06. The molecule has 0 spiro atoms. The lowest BCUT2D eigenvalue weighted by Crippen LogP contribution is -2.53. The van der Waals surface area contributed by atoms with Crippen LogP contribution in [0.3, 0.4) is 0 Å². The van der Waals surface area contributed by atoms with Crippen LogP contribution in [-0.2, 0) is 4.74 Å². The highest BCUT2D eigenvalue weighted by Crippen LogP contribution is 2.25. The first kappa shape index (κ1) is 22.2. The number of rotatable bonds is 7. The maximum atomic E-state index is 6.02. The Morgan fingerprint density at radius 1 is 1.20 bits per heavy atom. The molecule has 1 fully saturated rings. The van der Waals surface area contributed by atoms with Gasteiger partial charge in [-0.15, -0.1) is 24.0 Å². The molecule has 6 heteroatoms. The molecule has 1 aromatic carbocycles. The number of benzene rings is 1. The second kappa shape index (κ2) is 11.0. The van der Waals surface area contributed by atoms with Crippen molar-refractivity contribution >= 4 is 29.9 Å². The fourth-order valence-corrected chi connectivity index (χ4v) is 3.00. The lowest BCUT2D eigenvalue weighted by molar-refractivity contribution is 0.0374. The highest BCUT2D eigenvalue weighted by Gasteiger charge is 2.33. The van der Waals surface area contributed by atoms with Crippen molar-refractivity contribution in [3.63, 3.8) is 0 Å². The molecule has 5 nitrogen and oxygen atoms in total. The number of hydrogen-bond acceptors (Lipinski definition) is 3. The van der Waals surface area contributed by atoms with Gasteiger partial charge in [0.1, 0.15) is 0 Å². The molecule has 1 heterocycles. The second-order valence-electron chi connectivity index (χ2n) is 7.15. The summed E-state index contributed by atoms with van der Waals surface area (Å²) in [5.41, 5.74) is 7.25. The van der Waals surface area contributed by atoms with Crippen molar-refractivity contribution in [3.05, 3.63) is 35.9 Å². The smallest absolute Gasteiger partial charge is 0.188 e. The van der Waals surface area contributed by atoms with Gasteiger partial charge in [-0.25, -0.2) is 0 Å². The summed E-state index contributed by atoms with van der Waals surface area (Å²) >= 11 is 0. The molecule has 1 aliphatic rings. The topological polar surface area (TPSA) is 71.7 Å². The molecule has 0 aromatic heterocycles. The zero-order chi connectivity index (χ0) is 17.4. The monoisotopic (exact) mass is 460 g/mol. The fourth-order valence-electron chi connectivity index (χ4n) is 3.00. The molecule has 0 amide bonds. The molecule has 0 radical (unpaired) electrons. The summed E-state index contributed by atoms with van der Waals surface area (Å²) in [5, 5.41) is 6.99. The normalized spacial score (nSPS) is 18.5. The molecule has 4 N–H and O–H groups in total. The van der Waals surface area contributed by atoms with E-state index in [1.807, 2.05) is 6.07 Å². The Morgan fingerprint density at radius 3 is 2.44 bits per heavy atom. The molecule has 1 aliphatic heterocycles. The van der Waals surface area contributed by atoms with Crippen LogP contribution in [0.15, 0.2) is 35.3 Å². The third kappa shape index (κ3) is 7.50. The van der Waals surface area contributed by atoms with Gasteiger partial charge in [0.2, 0.25) is 0 Å². The van der Waals surface area contributed by atoms with Crippen LogP contribution in [0.25, 0.3) is 0 Å². The van der Waals surface area contributed by atoms with E-state index >= 15 is 0 Å². The fraction of sp³-hybridized carbons (Fsp3) is 0.632. The first-order valence-electron chi connectivity index (χ1n) is 8.95. The van der Waals surface area contributed by atoms with Crippen LogP contribution in [-0.4, -0.2) is 37.8 Å². The van der Waals surface area contributed by atoms with Crippen LogP contribution in [0.2, 0.25) is 0 Å². The number of nitrogens with two attached hydrogens (primary N) is 1. The molecule has 1 aromatic rings.